The second-order valence-corrected chi connectivity index (χ2v) is 6.87. The minimum absolute atomic E-state index is 0.177. The van der Waals surface area contributed by atoms with Crippen molar-refractivity contribution in [3.63, 3.8) is 0 Å². The topological polar surface area (TPSA) is 58.2 Å². The lowest BCUT2D eigenvalue weighted by atomic mass is 9.90. The fourth-order valence-electron chi connectivity index (χ4n) is 2.38. The minimum atomic E-state index is -1.54. The van der Waals surface area contributed by atoms with Gasteiger partial charge in [-0.05, 0) is 43.5 Å². The van der Waals surface area contributed by atoms with E-state index in [9.17, 15) is 18.4 Å². The van der Waals surface area contributed by atoms with Crippen LogP contribution in [0.1, 0.15) is 39.2 Å². The van der Waals surface area contributed by atoms with Gasteiger partial charge in [-0.25, -0.2) is 8.78 Å². The Bertz CT molecular complexity index is 812. The van der Waals surface area contributed by atoms with Gasteiger partial charge in [0, 0.05) is 5.69 Å². The zero-order valence-electron chi connectivity index (χ0n) is 15.2. The molecule has 2 amide bonds. The molecular weight excluding hydrogens is 338 g/mol. The van der Waals surface area contributed by atoms with Gasteiger partial charge in [-0.3, -0.25) is 9.59 Å². The molecule has 0 aliphatic rings. The number of amides is 2. The van der Waals surface area contributed by atoms with E-state index in [2.05, 4.69) is 10.6 Å². The molecule has 0 aliphatic heterocycles. The lowest BCUT2D eigenvalue weighted by Crippen LogP contribution is -2.42. The maximum atomic E-state index is 13.7. The molecule has 2 aromatic rings. The van der Waals surface area contributed by atoms with Gasteiger partial charge in [-0.1, -0.05) is 38.1 Å². The highest BCUT2D eigenvalue weighted by Crippen LogP contribution is 2.28. The zero-order valence-corrected chi connectivity index (χ0v) is 15.2. The van der Waals surface area contributed by atoms with E-state index >= 15 is 0 Å². The second kappa shape index (κ2) is 7.64. The molecule has 0 saturated heterocycles. The van der Waals surface area contributed by atoms with Crippen LogP contribution < -0.4 is 10.6 Å². The average Bonchev–Trinajstić information content (AvgIpc) is 2.58. The molecule has 0 atom stereocenters. The van der Waals surface area contributed by atoms with Gasteiger partial charge in [0.1, 0.15) is 22.7 Å². The third-order valence-corrected chi connectivity index (χ3v) is 4.17. The quantitative estimate of drug-likeness (QED) is 0.760. The monoisotopic (exact) mass is 360 g/mol. The fraction of sp³-hybridized carbons (Fsp3) is 0.300. The van der Waals surface area contributed by atoms with Gasteiger partial charge in [0.15, 0.2) is 0 Å². The summed E-state index contributed by atoms with van der Waals surface area (Å²) in [4.78, 5) is 25.1. The van der Waals surface area contributed by atoms with Crippen LogP contribution in [0.2, 0.25) is 0 Å². The average molecular weight is 360 g/mol. The Balaban J connectivity index is 2.21. The number of halogens is 2. The highest BCUT2D eigenvalue weighted by molar-refractivity contribution is 6.14. The summed E-state index contributed by atoms with van der Waals surface area (Å²) in [6.45, 7) is 6.77. The summed E-state index contributed by atoms with van der Waals surface area (Å²) >= 11 is 0. The van der Waals surface area contributed by atoms with E-state index in [1.807, 2.05) is 26.0 Å². The van der Waals surface area contributed by atoms with Gasteiger partial charge in [0.2, 0.25) is 11.8 Å². The molecule has 26 heavy (non-hydrogen) atoms. The van der Waals surface area contributed by atoms with Gasteiger partial charge in [0.25, 0.3) is 0 Å². The van der Waals surface area contributed by atoms with Gasteiger partial charge < -0.3 is 10.6 Å². The highest BCUT2D eigenvalue weighted by atomic mass is 19.1. The third kappa shape index (κ3) is 4.07. The molecule has 0 spiro atoms. The molecule has 2 aromatic carbocycles. The van der Waals surface area contributed by atoms with E-state index < -0.39 is 34.6 Å². The van der Waals surface area contributed by atoms with E-state index in [-0.39, 0.29) is 5.92 Å². The number of hydrogen-bond donors (Lipinski definition) is 2. The number of benzene rings is 2. The Morgan fingerprint density at radius 1 is 0.885 bits per heavy atom. The van der Waals surface area contributed by atoms with E-state index in [0.717, 1.165) is 17.7 Å². The standard InChI is InChI=1S/C20H22F2N2O2/c1-12(2)13-8-5-6-11-16(13)23-18(25)20(3,4)19(26)24-17-14(21)9-7-10-15(17)22/h5-12H,1-4H3,(H,23,25)(H,24,26). The van der Waals surface area contributed by atoms with E-state index in [1.54, 1.807) is 12.1 Å². The zero-order chi connectivity index (χ0) is 19.5. The van der Waals surface area contributed by atoms with E-state index in [4.69, 9.17) is 0 Å². The van der Waals surface area contributed by atoms with Crippen LogP contribution in [0.5, 0.6) is 0 Å². The Morgan fingerprint density at radius 2 is 1.42 bits per heavy atom. The molecule has 0 aliphatic carbocycles. The first-order chi connectivity index (χ1) is 12.1. The number of hydrogen-bond acceptors (Lipinski definition) is 2. The van der Waals surface area contributed by atoms with Crippen molar-refractivity contribution < 1.29 is 18.4 Å². The van der Waals surface area contributed by atoms with Crippen molar-refractivity contribution >= 4 is 23.2 Å². The summed E-state index contributed by atoms with van der Waals surface area (Å²) in [6, 6.07) is 10.5. The predicted octanol–water partition coefficient (Wildman–Crippen LogP) is 4.69. The van der Waals surface area contributed by atoms with Gasteiger partial charge >= 0.3 is 0 Å². The molecule has 2 rings (SSSR count). The number of anilines is 2. The van der Waals surface area contributed by atoms with Gasteiger partial charge in [-0.2, -0.15) is 0 Å². The first-order valence-electron chi connectivity index (χ1n) is 8.30. The van der Waals surface area contributed by atoms with Crippen molar-refractivity contribution in [2.45, 2.75) is 33.6 Å². The highest BCUT2D eigenvalue weighted by Gasteiger charge is 2.37. The first-order valence-corrected chi connectivity index (χ1v) is 8.30. The molecule has 4 nitrogen and oxygen atoms in total. The van der Waals surface area contributed by atoms with Crippen LogP contribution in [-0.2, 0) is 9.59 Å². The predicted molar refractivity (Wildman–Crippen MR) is 97.9 cm³/mol. The fourth-order valence-corrected chi connectivity index (χ4v) is 2.38. The lowest BCUT2D eigenvalue weighted by molar-refractivity contribution is -0.135. The molecule has 0 aromatic heterocycles. The van der Waals surface area contributed by atoms with Crippen molar-refractivity contribution in [1.82, 2.24) is 0 Å². The Kier molecular flexibility index (Phi) is 5.75. The van der Waals surface area contributed by atoms with Crippen molar-refractivity contribution in [2.75, 3.05) is 10.6 Å². The molecule has 6 heteroatoms. The molecule has 0 saturated carbocycles. The number of nitrogens with one attached hydrogen (secondary N) is 2. The van der Waals surface area contributed by atoms with Crippen LogP contribution in [0.15, 0.2) is 42.5 Å². The molecular formula is C20H22F2N2O2. The van der Waals surface area contributed by atoms with Crippen LogP contribution >= 0.6 is 0 Å². The van der Waals surface area contributed by atoms with Gasteiger partial charge in [-0.15, -0.1) is 0 Å². The summed E-state index contributed by atoms with van der Waals surface area (Å²) in [5, 5.41) is 4.91. The van der Waals surface area contributed by atoms with Crippen LogP contribution in [0.25, 0.3) is 0 Å². The number of para-hydroxylation sites is 2. The van der Waals surface area contributed by atoms with Crippen molar-refractivity contribution in [3.8, 4) is 0 Å². The minimum Gasteiger partial charge on any atom is -0.325 e. The van der Waals surface area contributed by atoms with Crippen LogP contribution in [0.4, 0.5) is 20.2 Å². The van der Waals surface area contributed by atoms with Crippen molar-refractivity contribution in [2.24, 2.45) is 5.41 Å². The molecule has 0 bridgehead atoms. The number of carbonyl (C=O) groups excluding carboxylic acids is 2. The summed E-state index contributed by atoms with van der Waals surface area (Å²) in [5.74, 6) is -3.00. The molecule has 0 fully saturated rings. The summed E-state index contributed by atoms with van der Waals surface area (Å²) < 4.78 is 27.5. The Morgan fingerprint density at radius 3 is 2.00 bits per heavy atom. The second-order valence-electron chi connectivity index (χ2n) is 6.87. The normalized spacial score (nSPS) is 11.3. The van der Waals surface area contributed by atoms with Crippen LogP contribution in [0.3, 0.4) is 0 Å². The van der Waals surface area contributed by atoms with Crippen molar-refractivity contribution in [3.05, 3.63) is 59.7 Å². The molecule has 0 radical (unpaired) electrons. The lowest BCUT2D eigenvalue weighted by Gasteiger charge is -2.24. The number of carbonyl (C=O) groups is 2. The van der Waals surface area contributed by atoms with E-state index in [0.29, 0.717) is 5.69 Å². The molecule has 138 valence electrons. The summed E-state index contributed by atoms with van der Waals surface area (Å²) in [5.41, 5.74) is -0.581. The summed E-state index contributed by atoms with van der Waals surface area (Å²) in [7, 11) is 0. The SMILES string of the molecule is CC(C)c1ccccc1NC(=O)C(C)(C)C(=O)Nc1c(F)cccc1F. The maximum Gasteiger partial charge on any atom is 0.239 e. The third-order valence-electron chi connectivity index (χ3n) is 4.17. The Hall–Kier alpha value is -2.76. The maximum absolute atomic E-state index is 13.7. The van der Waals surface area contributed by atoms with Crippen LogP contribution in [0, 0.1) is 17.0 Å². The molecule has 0 heterocycles. The van der Waals surface area contributed by atoms with Crippen LogP contribution in [-0.4, -0.2) is 11.8 Å². The van der Waals surface area contributed by atoms with Gasteiger partial charge in [0.05, 0.1) is 0 Å². The van der Waals surface area contributed by atoms with Crippen molar-refractivity contribution in [1.29, 1.82) is 0 Å². The summed E-state index contributed by atoms with van der Waals surface area (Å²) in [6.07, 6.45) is 0. The largest absolute Gasteiger partial charge is 0.325 e. The number of rotatable bonds is 5. The smallest absolute Gasteiger partial charge is 0.239 e. The molecule has 0 unspecified atom stereocenters. The molecule has 2 N–H and O–H groups in total. The van der Waals surface area contributed by atoms with E-state index in [1.165, 1.54) is 19.9 Å². The first kappa shape index (κ1) is 19.6. The Labute approximate surface area is 151 Å².